The molecular formula is C11H17N3O3. The maximum Gasteiger partial charge on any atom is 0.413 e. The van der Waals surface area contributed by atoms with E-state index in [0.717, 1.165) is 0 Å². The fraction of sp³-hybridized carbons (Fsp3) is 0.545. The Labute approximate surface area is 99.9 Å². The molecule has 6 heteroatoms. The Balaban J connectivity index is 2.88. The summed E-state index contributed by atoms with van der Waals surface area (Å²) in [5, 5.41) is 6.56. The second-order valence-electron chi connectivity index (χ2n) is 4.72. The van der Waals surface area contributed by atoms with E-state index < -0.39 is 11.7 Å². The van der Waals surface area contributed by atoms with Gasteiger partial charge in [-0.05, 0) is 27.7 Å². The van der Waals surface area contributed by atoms with E-state index in [1.54, 1.807) is 34.7 Å². The van der Waals surface area contributed by atoms with Crippen LogP contribution in [0.4, 0.5) is 10.6 Å². The first-order valence-electron chi connectivity index (χ1n) is 5.23. The first kappa shape index (κ1) is 13.2. The lowest BCUT2D eigenvalue weighted by molar-refractivity contribution is 0.0634. The topological polar surface area (TPSA) is 73.2 Å². The lowest BCUT2D eigenvalue weighted by atomic mass is 10.2. The van der Waals surface area contributed by atoms with Crippen LogP contribution >= 0.6 is 0 Å². The third kappa shape index (κ3) is 3.30. The van der Waals surface area contributed by atoms with E-state index in [4.69, 9.17) is 4.74 Å². The van der Waals surface area contributed by atoms with Crippen molar-refractivity contribution in [1.82, 2.24) is 9.78 Å². The highest BCUT2D eigenvalue weighted by atomic mass is 16.6. The van der Waals surface area contributed by atoms with E-state index in [-0.39, 0.29) is 0 Å². The maximum atomic E-state index is 11.6. The van der Waals surface area contributed by atoms with Gasteiger partial charge >= 0.3 is 6.09 Å². The molecule has 0 saturated carbocycles. The molecule has 17 heavy (non-hydrogen) atoms. The summed E-state index contributed by atoms with van der Waals surface area (Å²) < 4.78 is 6.53. The molecule has 0 radical (unpaired) electrons. The van der Waals surface area contributed by atoms with Gasteiger partial charge in [0.25, 0.3) is 0 Å². The zero-order chi connectivity index (χ0) is 13.2. The smallest absolute Gasteiger partial charge is 0.413 e. The zero-order valence-electron chi connectivity index (χ0n) is 10.7. The van der Waals surface area contributed by atoms with Crippen LogP contribution in [0.25, 0.3) is 0 Å². The summed E-state index contributed by atoms with van der Waals surface area (Å²) >= 11 is 0. The molecule has 0 bridgehead atoms. The number of anilines is 1. The van der Waals surface area contributed by atoms with Gasteiger partial charge in [0.1, 0.15) is 11.4 Å². The van der Waals surface area contributed by atoms with E-state index in [1.165, 1.54) is 4.68 Å². The number of aryl methyl sites for hydroxylation is 2. The van der Waals surface area contributed by atoms with Crippen LogP contribution in [0.1, 0.15) is 36.8 Å². The van der Waals surface area contributed by atoms with Gasteiger partial charge in [-0.25, -0.2) is 4.79 Å². The van der Waals surface area contributed by atoms with Crippen molar-refractivity contribution in [3.05, 3.63) is 11.3 Å². The number of rotatable bonds is 2. The number of carbonyl (C=O) groups excluding carboxylic acids is 2. The normalized spacial score (nSPS) is 11.1. The highest BCUT2D eigenvalue weighted by Gasteiger charge is 2.20. The number of carbonyl (C=O) groups is 2. The van der Waals surface area contributed by atoms with Crippen LogP contribution in [0.2, 0.25) is 0 Å². The Morgan fingerprint density at radius 1 is 1.47 bits per heavy atom. The fourth-order valence-corrected chi connectivity index (χ4v) is 1.36. The Bertz CT molecular complexity index is 444. The zero-order valence-corrected chi connectivity index (χ0v) is 10.7. The molecule has 6 nitrogen and oxygen atoms in total. The summed E-state index contributed by atoms with van der Waals surface area (Å²) in [7, 11) is 1.65. The lowest BCUT2D eigenvalue weighted by Crippen LogP contribution is -2.28. The standard InChI is InChI=1S/C11H17N3O3/c1-7-8(6-15)9(14(5)13-7)12-10(16)17-11(2,3)4/h6H,1-5H3,(H,12,16). The fourth-order valence-electron chi connectivity index (χ4n) is 1.36. The Hall–Kier alpha value is -1.85. The maximum absolute atomic E-state index is 11.6. The number of aldehydes is 1. The van der Waals surface area contributed by atoms with E-state index in [1.807, 2.05) is 0 Å². The van der Waals surface area contributed by atoms with Crippen molar-refractivity contribution in [2.75, 3.05) is 5.32 Å². The van der Waals surface area contributed by atoms with Crippen LogP contribution < -0.4 is 5.32 Å². The van der Waals surface area contributed by atoms with Gasteiger partial charge < -0.3 is 4.74 Å². The van der Waals surface area contributed by atoms with Crippen molar-refractivity contribution < 1.29 is 14.3 Å². The number of amides is 1. The molecule has 0 fully saturated rings. The molecule has 1 N–H and O–H groups in total. The second kappa shape index (κ2) is 4.57. The predicted molar refractivity (Wildman–Crippen MR) is 63.2 cm³/mol. The quantitative estimate of drug-likeness (QED) is 0.800. The largest absolute Gasteiger partial charge is 0.444 e. The van der Waals surface area contributed by atoms with Crippen molar-refractivity contribution in [2.24, 2.45) is 7.05 Å². The van der Waals surface area contributed by atoms with Crippen molar-refractivity contribution in [3.63, 3.8) is 0 Å². The molecule has 0 unspecified atom stereocenters. The summed E-state index contributed by atoms with van der Waals surface area (Å²) in [6.07, 6.45) is 0.0540. The summed E-state index contributed by atoms with van der Waals surface area (Å²) in [5.74, 6) is 0.340. The predicted octanol–water partition coefficient (Wildman–Crippen LogP) is 1.89. The molecule has 0 spiro atoms. The molecule has 0 saturated heterocycles. The van der Waals surface area contributed by atoms with Crippen LogP contribution in [0, 0.1) is 6.92 Å². The average Bonchev–Trinajstić information content (AvgIpc) is 2.38. The third-order valence-corrected chi connectivity index (χ3v) is 2.01. The molecule has 0 atom stereocenters. The second-order valence-corrected chi connectivity index (χ2v) is 4.72. The number of hydrogen-bond acceptors (Lipinski definition) is 4. The van der Waals surface area contributed by atoms with Crippen molar-refractivity contribution in [1.29, 1.82) is 0 Å². The Morgan fingerprint density at radius 2 is 2.06 bits per heavy atom. The number of nitrogens with zero attached hydrogens (tertiary/aromatic N) is 2. The van der Waals surface area contributed by atoms with Gasteiger partial charge in [-0.2, -0.15) is 5.10 Å². The minimum absolute atomic E-state index is 0.340. The number of aromatic nitrogens is 2. The van der Waals surface area contributed by atoms with Crippen LogP contribution in [0.5, 0.6) is 0 Å². The van der Waals surface area contributed by atoms with E-state index in [2.05, 4.69) is 10.4 Å². The molecule has 1 amide bonds. The molecule has 1 rings (SSSR count). The van der Waals surface area contributed by atoms with Gasteiger partial charge in [0, 0.05) is 7.05 Å². The Kier molecular flexibility index (Phi) is 3.55. The van der Waals surface area contributed by atoms with Crippen molar-refractivity contribution in [3.8, 4) is 0 Å². The summed E-state index contributed by atoms with van der Waals surface area (Å²) in [6, 6.07) is 0. The van der Waals surface area contributed by atoms with Gasteiger partial charge in [0.15, 0.2) is 6.29 Å². The number of nitrogens with one attached hydrogen (secondary N) is 1. The minimum Gasteiger partial charge on any atom is -0.444 e. The van der Waals surface area contributed by atoms with Crippen molar-refractivity contribution in [2.45, 2.75) is 33.3 Å². The van der Waals surface area contributed by atoms with Gasteiger partial charge in [-0.15, -0.1) is 0 Å². The van der Waals surface area contributed by atoms with Crippen LogP contribution in [-0.2, 0) is 11.8 Å². The van der Waals surface area contributed by atoms with Crippen LogP contribution in [0.15, 0.2) is 0 Å². The first-order chi connectivity index (χ1) is 7.74. The van der Waals surface area contributed by atoms with Crippen LogP contribution in [-0.4, -0.2) is 27.8 Å². The molecule has 94 valence electrons. The highest BCUT2D eigenvalue weighted by Crippen LogP contribution is 2.17. The van der Waals surface area contributed by atoms with E-state index in [0.29, 0.717) is 23.4 Å². The lowest BCUT2D eigenvalue weighted by Gasteiger charge is -2.19. The molecule has 1 aromatic rings. The molecular weight excluding hydrogens is 222 g/mol. The van der Waals surface area contributed by atoms with E-state index in [9.17, 15) is 9.59 Å². The average molecular weight is 239 g/mol. The monoisotopic (exact) mass is 239 g/mol. The third-order valence-electron chi connectivity index (χ3n) is 2.01. The molecule has 0 aliphatic rings. The number of hydrogen-bond donors (Lipinski definition) is 1. The van der Waals surface area contributed by atoms with Crippen molar-refractivity contribution >= 4 is 18.2 Å². The summed E-state index contributed by atoms with van der Waals surface area (Å²) in [6.45, 7) is 7.00. The molecule has 0 aromatic carbocycles. The first-order valence-corrected chi connectivity index (χ1v) is 5.23. The molecule has 0 aliphatic heterocycles. The SMILES string of the molecule is Cc1nn(C)c(NC(=O)OC(C)(C)C)c1C=O. The molecule has 0 aliphatic carbocycles. The number of ether oxygens (including phenoxy) is 1. The summed E-state index contributed by atoms with van der Waals surface area (Å²) in [4.78, 5) is 22.5. The highest BCUT2D eigenvalue weighted by molar-refractivity contribution is 5.92. The van der Waals surface area contributed by atoms with Crippen LogP contribution in [0.3, 0.4) is 0 Å². The van der Waals surface area contributed by atoms with Gasteiger partial charge in [0.05, 0.1) is 11.3 Å². The molecule has 1 heterocycles. The Morgan fingerprint density at radius 3 is 2.53 bits per heavy atom. The van der Waals surface area contributed by atoms with Gasteiger partial charge in [-0.3, -0.25) is 14.8 Å². The molecule has 1 aromatic heterocycles. The van der Waals surface area contributed by atoms with Gasteiger partial charge in [0.2, 0.25) is 0 Å². The minimum atomic E-state index is -0.608. The summed E-state index contributed by atoms with van der Waals surface area (Å²) in [5.41, 5.74) is 0.339. The van der Waals surface area contributed by atoms with E-state index >= 15 is 0 Å². The van der Waals surface area contributed by atoms with Gasteiger partial charge in [-0.1, -0.05) is 0 Å².